The summed E-state index contributed by atoms with van der Waals surface area (Å²) in [5.41, 5.74) is 0.834. The SMILES string of the molecule is CC(C)N(CC(F)(F)F)c1ccc([C@@H](C)O)nc1. The minimum atomic E-state index is -4.26. The lowest BCUT2D eigenvalue weighted by atomic mass is 10.2. The van der Waals surface area contributed by atoms with Crippen LogP contribution in [0.3, 0.4) is 0 Å². The van der Waals surface area contributed by atoms with Gasteiger partial charge in [-0.3, -0.25) is 4.98 Å². The zero-order valence-corrected chi connectivity index (χ0v) is 10.6. The molecule has 18 heavy (non-hydrogen) atoms. The van der Waals surface area contributed by atoms with Gasteiger partial charge in [-0.05, 0) is 32.9 Å². The first-order valence-electron chi connectivity index (χ1n) is 5.68. The molecule has 3 nitrogen and oxygen atoms in total. The van der Waals surface area contributed by atoms with Crippen LogP contribution in [0.5, 0.6) is 0 Å². The van der Waals surface area contributed by atoms with E-state index in [4.69, 9.17) is 0 Å². The monoisotopic (exact) mass is 262 g/mol. The molecule has 102 valence electrons. The van der Waals surface area contributed by atoms with E-state index < -0.39 is 18.8 Å². The predicted molar refractivity (Wildman–Crippen MR) is 63.4 cm³/mol. The molecular formula is C12H17F3N2O. The van der Waals surface area contributed by atoms with Gasteiger partial charge in [0.15, 0.2) is 0 Å². The lowest BCUT2D eigenvalue weighted by Crippen LogP contribution is -2.39. The number of rotatable bonds is 4. The van der Waals surface area contributed by atoms with E-state index in [9.17, 15) is 18.3 Å². The lowest BCUT2D eigenvalue weighted by Gasteiger charge is -2.29. The number of pyridine rings is 1. The number of anilines is 1. The topological polar surface area (TPSA) is 36.4 Å². The van der Waals surface area contributed by atoms with Crippen molar-refractivity contribution < 1.29 is 18.3 Å². The normalized spacial score (nSPS) is 13.8. The molecule has 0 saturated heterocycles. The average Bonchev–Trinajstić information content (AvgIpc) is 2.24. The van der Waals surface area contributed by atoms with Crippen molar-refractivity contribution in [1.82, 2.24) is 4.98 Å². The van der Waals surface area contributed by atoms with E-state index in [-0.39, 0.29) is 6.04 Å². The van der Waals surface area contributed by atoms with Gasteiger partial charge in [0.2, 0.25) is 0 Å². The van der Waals surface area contributed by atoms with Crippen LogP contribution in [-0.2, 0) is 0 Å². The summed E-state index contributed by atoms with van der Waals surface area (Å²) in [5.74, 6) is 0. The Labute approximate surface area is 104 Å². The minimum Gasteiger partial charge on any atom is -0.387 e. The zero-order valence-electron chi connectivity index (χ0n) is 10.6. The van der Waals surface area contributed by atoms with Gasteiger partial charge in [0, 0.05) is 6.04 Å². The van der Waals surface area contributed by atoms with Gasteiger partial charge >= 0.3 is 6.18 Å². The molecule has 0 radical (unpaired) electrons. The van der Waals surface area contributed by atoms with E-state index in [1.807, 2.05) is 0 Å². The van der Waals surface area contributed by atoms with E-state index in [2.05, 4.69) is 4.98 Å². The maximum Gasteiger partial charge on any atom is 0.405 e. The Hall–Kier alpha value is -1.30. The molecule has 1 rings (SSSR count). The summed E-state index contributed by atoms with van der Waals surface area (Å²) in [6, 6.07) is 2.79. The quantitative estimate of drug-likeness (QED) is 0.906. The van der Waals surface area contributed by atoms with Crippen LogP contribution in [0.25, 0.3) is 0 Å². The van der Waals surface area contributed by atoms with Gasteiger partial charge in [-0.25, -0.2) is 0 Å². The summed E-state index contributed by atoms with van der Waals surface area (Å²) in [4.78, 5) is 5.17. The van der Waals surface area contributed by atoms with Crippen molar-refractivity contribution in [1.29, 1.82) is 0 Å². The molecule has 6 heteroatoms. The predicted octanol–water partition coefficient (Wildman–Crippen LogP) is 2.91. The van der Waals surface area contributed by atoms with Crippen molar-refractivity contribution in [3.8, 4) is 0 Å². The van der Waals surface area contributed by atoms with Crippen molar-refractivity contribution in [3.05, 3.63) is 24.0 Å². The molecule has 0 aliphatic heterocycles. The molecule has 1 N–H and O–H groups in total. The van der Waals surface area contributed by atoms with E-state index >= 15 is 0 Å². The Balaban J connectivity index is 2.93. The van der Waals surface area contributed by atoms with E-state index in [1.165, 1.54) is 17.2 Å². The molecular weight excluding hydrogens is 245 g/mol. The Morgan fingerprint density at radius 1 is 1.28 bits per heavy atom. The van der Waals surface area contributed by atoms with E-state index in [0.29, 0.717) is 11.4 Å². The molecule has 0 aliphatic rings. The number of hydrogen-bond acceptors (Lipinski definition) is 3. The van der Waals surface area contributed by atoms with Crippen LogP contribution in [-0.4, -0.2) is 28.9 Å². The summed E-state index contributed by atoms with van der Waals surface area (Å²) in [6.45, 7) is 3.92. The number of hydrogen-bond donors (Lipinski definition) is 1. The highest BCUT2D eigenvalue weighted by Gasteiger charge is 2.32. The van der Waals surface area contributed by atoms with Gasteiger partial charge in [-0.2, -0.15) is 13.2 Å². The maximum absolute atomic E-state index is 12.5. The van der Waals surface area contributed by atoms with Gasteiger partial charge in [0.1, 0.15) is 6.54 Å². The molecule has 0 aromatic carbocycles. The molecule has 1 aromatic rings. The second kappa shape index (κ2) is 5.56. The molecule has 0 fully saturated rings. The third-order valence-corrected chi connectivity index (χ3v) is 2.50. The highest BCUT2D eigenvalue weighted by Crippen LogP contribution is 2.24. The summed E-state index contributed by atoms with van der Waals surface area (Å²) in [5, 5.41) is 9.29. The fraction of sp³-hybridized carbons (Fsp3) is 0.583. The molecule has 0 unspecified atom stereocenters. The number of nitrogens with zero attached hydrogens (tertiary/aromatic N) is 2. The van der Waals surface area contributed by atoms with Crippen LogP contribution in [0.1, 0.15) is 32.6 Å². The molecule has 1 heterocycles. The first-order chi connectivity index (χ1) is 8.20. The Morgan fingerprint density at radius 3 is 2.22 bits per heavy atom. The Bertz CT molecular complexity index is 374. The van der Waals surface area contributed by atoms with Gasteiger partial charge in [0.25, 0.3) is 0 Å². The van der Waals surface area contributed by atoms with Crippen molar-refractivity contribution in [2.75, 3.05) is 11.4 Å². The van der Waals surface area contributed by atoms with Crippen LogP contribution in [0.2, 0.25) is 0 Å². The molecule has 0 aliphatic carbocycles. The van der Waals surface area contributed by atoms with Crippen LogP contribution >= 0.6 is 0 Å². The Kier molecular flexibility index (Phi) is 4.56. The third-order valence-electron chi connectivity index (χ3n) is 2.50. The van der Waals surface area contributed by atoms with Crippen LogP contribution in [0.15, 0.2) is 18.3 Å². The molecule has 0 saturated carbocycles. The van der Waals surface area contributed by atoms with E-state index in [1.54, 1.807) is 26.8 Å². The van der Waals surface area contributed by atoms with Crippen LogP contribution in [0.4, 0.5) is 18.9 Å². The van der Waals surface area contributed by atoms with Crippen molar-refractivity contribution in [2.45, 2.75) is 39.1 Å². The largest absolute Gasteiger partial charge is 0.405 e. The zero-order chi connectivity index (χ0) is 13.9. The number of halogens is 3. The third kappa shape index (κ3) is 4.18. The van der Waals surface area contributed by atoms with Crippen molar-refractivity contribution in [3.63, 3.8) is 0 Å². The fourth-order valence-electron chi connectivity index (χ4n) is 1.58. The standard InChI is InChI=1S/C12H17F3N2O/c1-8(2)17(7-12(13,14)15)10-4-5-11(9(3)18)16-6-10/h4-6,8-9,18H,7H2,1-3H3/t9-/m1/s1. The highest BCUT2D eigenvalue weighted by molar-refractivity contribution is 5.45. The molecule has 0 spiro atoms. The first-order valence-corrected chi connectivity index (χ1v) is 5.68. The average molecular weight is 262 g/mol. The molecule has 1 atom stereocenters. The molecule has 0 amide bonds. The van der Waals surface area contributed by atoms with Gasteiger partial charge in [-0.1, -0.05) is 0 Å². The number of aromatic nitrogens is 1. The molecule has 0 bridgehead atoms. The minimum absolute atomic E-state index is 0.286. The summed E-state index contributed by atoms with van der Waals surface area (Å²) < 4.78 is 37.4. The Morgan fingerprint density at radius 2 is 1.89 bits per heavy atom. The lowest BCUT2D eigenvalue weighted by molar-refractivity contribution is -0.120. The second-order valence-corrected chi connectivity index (χ2v) is 4.45. The van der Waals surface area contributed by atoms with Gasteiger partial charge in [-0.15, -0.1) is 0 Å². The van der Waals surface area contributed by atoms with Gasteiger partial charge < -0.3 is 10.0 Å². The van der Waals surface area contributed by atoms with Crippen molar-refractivity contribution in [2.24, 2.45) is 0 Å². The number of aliphatic hydroxyl groups excluding tert-OH is 1. The van der Waals surface area contributed by atoms with Crippen LogP contribution < -0.4 is 4.90 Å². The summed E-state index contributed by atoms with van der Waals surface area (Å²) in [7, 11) is 0. The maximum atomic E-state index is 12.5. The highest BCUT2D eigenvalue weighted by atomic mass is 19.4. The van der Waals surface area contributed by atoms with Crippen LogP contribution in [0, 0.1) is 0 Å². The molecule has 1 aromatic heterocycles. The smallest absolute Gasteiger partial charge is 0.387 e. The fourth-order valence-corrected chi connectivity index (χ4v) is 1.58. The summed E-state index contributed by atoms with van der Waals surface area (Å²) in [6.07, 6.45) is -3.63. The van der Waals surface area contributed by atoms with E-state index in [0.717, 1.165) is 0 Å². The second-order valence-electron chi connectivity index (χ2n) is 4.45. The van der Waals surface area contributed by atoms with Crippen molar-refractivity contribution >= 4 is 5.69 Å². The number of alkyl halides is 3. The first kappa shape index (κ1) is 14.8. The number of aliphatic hydroxyl groups is 1. The summed E-state index contributed by atoms with van der Waals surface area (Å²) >= 11 is 0. The van der Waals surface area contributed by atoms with Gasteiger partial charge in [0.05, 0.1) is 23.7 Å².